The fourth-order valence-corrected chi connectivity index (χ4v) is 3.64. The molecule has 3 heteroatoms. The van der Waals surface area contributed by atoms with E-state index in [1.54, 1.807) is 0 Å². The Bertz CT molecular complexity index is 708. The Morgan fingerprint density at radius 3 is 2.08 bits per heavy atom. The lowest BCUT2D eigenvalue weighted by Gasteiger charge is -2.30. The molecule has 0 fully saturated rings. The minimum Gasteiger partial charge on any atom is -0.415 e. The van der Waals surface area contributed by atoms with Gasteiger partial charge in [0.05, 0.1) is 17.6 Å². The van der Waals surface area contributed by atoms with Crippen molar-refractivity contribution in [2.24, 2.45) is 0 Å². The van der Waals surface area contributed by atoms with Gasteiger partial charge in [-0.25, -0.2) is 0 Å². The largest absolute Gasteiger partial charge is 0.415 e. The van der Waals surface area contributed by atoms with E-state index in [1.165, 1.54) is 11.1 Å². The molecule has 2 aromatic carbocycles. The van der Waals surface area contributed by atoms with Crippen LogP contribution in [0.2, 0.25) is 5.04 Å². The van der Waals surface area contributed by atoms with Crippen molar-refractivity contribution >= 4 is 9.76 Å². The smallest absolute Gasteiger partial charge is 0.168 e. The number of nitriles is 1. The number of benzene rings is 2. The van der Waals surface area contributed by atoms with Crippen LogP contribution in [-0.2, 0) is 16.4 Å². The van der Waals surface area contributed by atoms with Crippen LogP contribution in [0, 0.1) is 11.3 Å². The van der Waals surface area contributed by atoms with Crippen molar-refractivity contribution in [3.63, 3.8) is 0 Å². The number of hydrogen-bond acceptors (Lipinski definition) is 2. The van der Waals surface area contributed by atoms with Crippen LogP contribution < -0.4 is 0 Å². The standard InChI is InChI=1S/C22H29NOSi/c1-21(2,3)25-24-22(4,5)20-13-11-17(12-14-20)15-19(16-23)18-9-7-6-8-10-18/h6-14,19H,15,25H2,1-5H3. The van der Waals surface area contributed by atoms with Crippen molar-refractivity contribution in [1.82, 2.24) is 0 Å². The van der Waals surface area contributed by atoms with E-state index in [9.17, 15) is 5.26 Å². The molecule has 0 bridgehead atoms. The van der Waals surface area contributed by atoms with Gasteiger partial charge in [0, 0.05) is 0 Å². The summed E-state index contributed by atoms with van der Waals surface area (Å²) in [4.78, 5) is 0. The molecule has 0 aromatic heterocycles. The fourth-order valence-electron chi connectivity index (χ4n) is 2.68. The second-order valence-electron chi connectivity index (χ2n) is 8.35. The summed E-state index contributed by atoms with van der Waals surface area (Å²) in [6, 6.07) is 21.0. The van der Waals surface area contributed by atoms with Gasteiger partial charge >= 0.3 is 0 Å². The van der Waals surface area contributed by atoms with Gasteiger partial charge in [0.15, 0.2) is 9.76 Å². The third kappa shape index (κ3) is 5.84. The molecule has 2 aromatic rings. The quantitative estimate of drug-likeness (QED) is 0.679. The molecule has 0 spiro atoms. The van der Waals surface area contributed by atoms with Crippen LogP contribution >= 0.6 is 0 Å². The topological polar surface area (TPSA) is 33.0 Å². The Hall–Kier alpha value is -1.89. The predicted octanol–water partition coefficient (Wildman–Crippen LogP) is 5.09. The molecule has 1 unspecified atom stereocenters. The van der Waals surface area contributed by atoms with E-state index in [4.69, 9.17) is 4.43 Å². The summed E-state index contributed by atoms with van der Waals surface area (Å²) in [6.45, 7) is 11.0. The van der Waals surface area contributed by atoms with Crippen LogP contribution in [0.5, 0.6) is 0 Å². The van der Waals surface area contributed by atoms with E-state index in [1.807, 2.05) is 30.3 Å². The average Bonchev–Trinajstić information content (AvgIpc) is 2.59. The monoisotopic (exact) mass is 351 g/mol. The van der Waals surface area contributed by atoms with Crippen molar-refractivity contribution in [3.05, 3.63) is 71.3 Å². The van der Waals surface area contributed by atoms with Crippen molar-refractivity contribution < 1.29 is 4.43 Å². The molecule has 0 N–H and O–H groups in total. The van der Waals surface area contributed by atoms with E-state index >= 15 is 0 Å². The second kappa shape index (κ2) is 7.99. The van der Waals surface area contributed by atoms with Gasteiger partial charge in [-0.3, -0.25) is 0 Å². The first kappa shape index (κ1) is 19.4. The zero-order valence-electron chi connectivity index (χ0n) is 16.0. The molecule has 0 amide bonds. The van der Waals surface area contributed by atoms with Crippen LogP contribution in [0.1, 0.15) is 57.2 Å². The molecule has 0 saturated carbocycles. The van der Waals surface area contributed by atoms with Crippen LogP contribution in [0.3, 0.4) is 0 Å². The van der Waals surface area contributed by atoms with Gasteiger partial charge in [-0.1, -0.05) is 75.4 Å². The highest BCUT2D eigenvalue weighted by Gasteiger charge is 2.24. The lowest BCUT2D eigenvalue weighted by atomic mass is 9.91. The Balaban J connectivity index is 2.08. The highest BCUT2D eigenvalue weighted by Crippen LogP contribution is 2.30. The number of hydrogen-bond donors (Lipinski definition) is 0. The molecule has 0 aliphatic rings. The van der Waals surface area contributed by atoms with Gasteiger partial charge in [0.1, 0.15) is 0 Å². The molecule has 0 aliphatic heterocycles. The van der Waals surface area contributed by atoms with Crippen molar-refractivity contribution in [1.29, 1.82) is 5.26 Å². The average molecular weight is 352 g/mol. The van der Waals surface area contributed by atoms with E-state index < -0.39 is 9.76 Å². The molecule has 0 saturated heterocycles. The molecule has 2 rings (SSSR count). The summed E-state index contributed by atoms with van der Waals surface area (Å²) in [6.07, 6.45) is 0.735. The van der Waals surface area contributed by atoms with Gasteiger partial charge in [-0.2, -0.15) is 5.26 Å². The maximum absolute atomic E-state index is 9.51. The van der Waals surface area contributed by atoms with Gasteiger partial charge in [0.25, 0.3) is 0 Å². The zero-order valence-corrected chi connectivity index (χ0v) is 17.5. The van der Waals surface area contributed by atoms with E-state index in [0.29, 0.717) is 0 Å². The zero-order chi connectivity index (χ0) is 18.5. The van der Waals surface area contributed by atoms with E-state index in [0.717, 1.165) is 12.0 Å². The molecule has 1 atom stereocenters. The van der Waals surface area contributed by atoms with Crippen LogP contribution in [0.4, 0.5) is 0 Å². The molecule has 2 nitrogen and oxygen atoms in total. The Kier molecular flexibility index (Phi) is 6.21. The first-order valence-corrected chi connectivity index (χ1v) is 10.2. The van der Waals surface area contributed by atoms with Crippen LogP contribution in [-0.4, -0.2) is 9.76 Å². The molecule has 132 valence electrons. The van der Waals surface area contributed by atoms with Gasteiger partial charge in [0.2, 0.25) is 0 Å². The maximum atomic E-state index is 9.51. The van der Waals surface area contributed by atoms with Gasteiger partial charge in [-0.05, 0) is 42.0 Å². The highest BCUT2D eigenvalue weighted by molar-refractivity contribution is 6.31. The van der Waals surface area contributed by atoms with Gasteiger partial charge in [-0.15, -0.1) is 0 Å². The summed E-state index contributed by atoms with van der Waals surface area (Å²) in [7, 11) is -0.608. The molecule has 0 heterocycles. The maximum Gasteiger partial charge on any atom is 0.168 e. The third-order valence-electron chi connectivity index (χ3n) is 4.31. The Morgan fingerprint density at radius 1 is 0.960 bits per heavy atom. The van der Waals surface area contributed by atoms with Crippen molar-refractivity contribution in [2.45, 2.75) is 57.6 Å². The Labute approximate surface area is 154 Å². The van der Waals surface area contributed by atoms with Crippen LogP contribution in [0.25, 0.3) is 0 Å². The highest BCUT2D eigenvalue weighted by atomic mass is 28.2. The molecule has 0 radical (unpaired) electrons. The number of rotatable bonds is 6. The fraction of sp³-hybridized carbons (Fsp3) is 0.409. The van der Waals surface area contributed by atoms with Gasteiger partial charge < -0.3 is 4.43 Å². The third-order valence-corrected chi connectivity index (χ3v) is 6.04. The predicted molar refractivity (Wildman–Crippen MR) is 107 cm³/mol. The SMILES string of the molecule is CC(C)(C)[SiH2]OC(C)(C)c1ccc(CC(C#N)c2ccccc2)cc1. The minimum atomic E-state index is -0.608. The summed E-state index contributed by atoms with van der Waals surface area (Å²) >= 11 is 0. The summed E-state index contributed by atoms with van der Waals surface area (Å²) in [5.74, 6) is -0.107. The second-order valence-corrected chi connectivity index (χ2v) is 11.1. The number of nitrogens with zero attached hydrogens (tertiary/aromatic N) is 1. The van der Waals surface area contributed by atoms with Crippen molar-refractivity contribution in [2.75, 3.05) is 0 Å². The molecular weight excluding hydrogens is 322 g/mol. The summed E-state index contributed by atoms with van der Waals surface area (Å²) < 4.78 is 6.28. The first-order chi connectivity index (χ1) is 11.7. The summed E-state index contributed by atoms with van der Waals surface area (Å²) in [5, 5.41) is 9.79. The Morgan fingerprint density at radius 2 is 1.56 bits per heavy atom. The molecular formula is C22H29NOSi. The molecule has 0 aliphatic carbocycles. The van der Waals surface area contributed by atoms with E-state index in [-0.39, 0.29) is 16.6 Å². The lowest BCUT2D eigenvalue weighted by Crippen LogP contribution is -2.27. The normalized spacial score (nSPS) is 13.8. The minimum absolute atomic E-state index is 0.107. The first-order valence-electron chi connectivity index (χ1n) is 8.89. The summed E-state index contributed by atoms with van der Waals surface area (Å²) in [5.41, 5.74) is 3.20. The lowest BCUT2D eigenvalue weighted by molar-refractivity contribution is 0.109. The van der Waals surface area contributed by atoms with E-state index in [2.05, 4.69) is 65.0 Å². The van der Waals surface area contributed by atoms with Crippen molar-refractivity contribution in [3.8, 4) is 6.07 Å². The van der Waals surface area contributed by atoms with Crippen LogP contribution in [0.15, 0.2) is 54.6 Å². The molecule has 25 heavy (non-hydrogen) atoms.